The Bertz CT molecular complexity index is 619. The van der Waals surface area contributed by atoms with Gasteiger partial charge in [0.15, 0.2) is 0 Å². The fourth-order valence-corrected chi connectivity index (χ4v) is 2.03. The molecule has 1 aromatic heterocycles. The maximum Gasteiger partial charge on any atom is 0.254 e. The zero-order chi connectivity index (χ0) is 14.0. The van der Waals surface area contributed by atoms with Crippen LogP contribution in [0.3, 0.4) is 0 Å². The fourth-order valence-electron chi connectivity index (χ4n) is 2.03. The normalized spacial score (nSPS) is 11.2. The van der Waals surface area contributed by atoms with Crippen molar-refractivity contribution in [1.29, 1.82) is 0 Å². The first-order chi connectivity index (χ1) is 9.04. The van der Waals surface area contributed by atoms with Crippen molar-refractivity contribution in [2.24, 2.45) is 5.73 Å². The van der Waals surface area contributed by atoms with E-state index in [1.807, 2.05) is 44.2 Å². The summed E-state index contributed by atoms with van der Waals surface area (Å²) in [4.78, 5) is 18.7. The number of likely N-dealkylation sites (N-methyl/N-ethyl adjacent to an activating group) is 1. The van der Waals surface area contributed by atoms with Gasteiger partial charge in [0.2, 0.25) is 0 Å². The number of rotatable bonds is 3. The zero-order valence-electron chi connectivity index (χ0n) is 12.4. The van der Waals surface area contributed by atoms with Gasteiger partial charge < -0.3 is 10.6 Å². The van der Waals surface area contributed by atoms with Crippen LogP contribution in [0.4, 0.5) is 0 Å². The number of carbonyl (C=O) groups is 1. The molecule has 0 spiro atoms. The summed E-state index contributed by atoms with van der Waals surface area (Å²) in [6.45, 7) is 4.29. The maximum atomic E-state index is 12.6. The highest BCUT2D eigenvalue weighted by molar-refractivity contribution is 6.06. The van der Waals surface area contributed by atoms with Crippen LogP contribution in [0.1, 0.15) is 23.0 Å². The van der Waals surface area contributed by atoms with Crippen LogP contribution in [0.25, 0.3) is 10.9 Å². The van der Waals surface area contributed by atoms with Gasteiger partial charge in [-0.1, -0.05) is 18.2 Å². The van der Waals surface area contributed by atoms with Crippen LogP contribution >= 0.6 is 24.8 Å². The Morgan fingerprint density at radius 1 is 1.33 bits per heavy atom. The van der Waals surface area contributed by atoms with Gasteiger partial charge in [0.1, 0.15) is 0 Å². The molecule has 4 nitrogen and oxygen atoms in total. The molecule has 0 radical (unpaired) electrons. The van der Waals surface area contributed by atoms with E-state index in [1.165, 1.54) is 0 Å². The number of fused-ring (bicyclic) bond motifs is 1. The zero-order valence-corrected chi connectivity index (χ0v) is 14.0. The van der Waals surface area contributed by atoms with Gasteiger partial charge >= 0.3 is 0 Å². The highest BCUT2D eigenvalue weighted by atomic mass is 35.5. The smallest absolute Gasteiger partial charge is 0.254 e. The number of nitrogens with two attached hydrogens (primary N) is 1. The number of amides is 1. The summed E-state index contributed by atoms with van der Waals surface area (Å²) in [5.41, 5.74) is 8.00. The highest BCUT2D eigenvalue weighted by Crippen LogP contribution is 2.20. The van der Waals surface area contributed by atoms with Crippen molar-refractivity contribution in [1.82, 2.24) is 9.88 Å². The monoisotopic (exact) mass is 329 g/mol. The van der Waals surface area contributed by atoms with Gasteiger partial charge in [-0.3, -0.25) is 9.78 Å². The predicted octanol–water partition coefficient (Wildman–Crippen LogP) is 2.81. The summed E-state index contributed by atoms with van der Waals surface area (Å²) in [6.07, 6.45) is 0. The van der Waals surface area contributed by atoms with E-state index >= 15 is 0 Å². The molecular weight excluding hydrogens is 309 g/mol. The Morgan fingerprint density at radius 2 is 1.95 bits per heavy atom. The first kappa shape index (κ1) is 19.6. The summed E-state index contributed by atoms with van der Waals surface area (Å²) < 4.78 is 0. The molecule has 0 aliphatic carbocycles. The number of hydrogen-bond donors (Lipinski definition) is 1. The Balaban J connectivity index is 0.00000200. The summed E-state index contributed by atoms with van der Waals surface area (Å²) in [6, 6.07) is 9.54. The SMILES string of the molecule is Cc1cc(C(=O)N(C)C(C)CN)c2ccccc2n1.Cl.Cl. The topological polar surface area (TPSA) is 59.2 Å². The van der Waals surface area contributed by atoms with Crippen LogP contribution in [-0.2, 0) is 0 Å². The van der Waals surface area contributed by atoms with Crippen molar-refractivity contribution in [2.75, 3.05) is 13.6 Å². The highest BCUT2D eigenvalue weighted by Gasteiger charge is 2.19. The third-order valence-corrected chi connectivity index (χ3v) is 3.40. The van der Waals surface area contributed by atoms with Crippen LogP contribution in [0.15, 0.2) is 30.3 Å². The van der Waals surface area contributed by atoms with E-state index in [2.05, 4.69) is 4.98 Å². The van der Waals surface area contributed by atoms with Crippen LogP contribution in [-0.4, -0.2) is 35.4 Å². The minimum absolute atomic E-state index is 0. The van der Waals surface area contributed by atoms with Gasteiger partial charge in [-0.15, -0.1) is 24.8 Å². The van der Waals surface area contributed by atoms with Gasteiger partial charge in [0, 0.05) is 30.7 Å². The van der Waals surface area contributed by atoms with Crippen molar-refractivity contribution in [3.63, 3.8) is 0 Å². The summed E-state index contributed by atoms with van der Waals surface area (Å²) in [7, 11) is 1.78. The lowest BCUT2D eigenvalue weighted by atomic mass is 10.1. The molecule has 2 N–H and O–H groups in total. The summed E-state index contributed by atoms with van der Waals surface area (Å²) >= 11 is 0. The van der Waals surface area contributed by atoms with E-state index in [1.54, 1.807) is 11.9 Å². The van der Waals surface area contributed by atoms with Crippen molar-refractivity contribution in [2.45, 2.75) is 19.9 Å². The molecule has 1 amide bonds. The standard InChI is InChI=1S/C15H19N3O.2ClH/c1-10-8-13(15(19)18(3)11(2)9-16)12-6-4-5-7-14(12)17-10;;/h4-8,11H,9,16H2,1-3H3;2*1H. The quantitative estimate of drug-likeness (QED) is 0.941. The Kier molecular flexibility index (Phi) is 7.64. The molecule has 2 aromatic rings. The molecule has 116 valence electrons. The van der Waals surface area contributed by atoms with Gasteiger partial charge in [0.25, 0.3) is 5.91 Å². The molecule has 0 fully saturated rings. The minimum atomic E-state index is -0.0142. The molecule has 1 unspecified atom stereocenters. The fraction of sp³-hybridized carbons (Fsp3) is 0.333. The number of para-hydroxylation sites is 1. The number of hydrogen-bond acceptors (Lipinski definition) is 3. The van der Waals surface area contributed by atoms with Crippen molar-refractivity contribution < 1.29 is 4.79 Å². The van der Waals surface area contributed by atoms with Gasteiger partial charge in [-0.05, 0) is 26.0 Å². The summed E-state index contributed by atoms with van der Waals surface area (Å²) in [5.74, 6) is -0.0142. The molecule has 1 aromatic carbocycles. The predicted molar refractivity (Wildman–Crippen MR) is 91.6 cm³/mol. The van der Waals surface area contributed by atoms with Gasteiger partial charge in [0.05, 0.1) is 11.1 Å². The van der Waals surface area contributed by atoms with E-state index in [9.17, 15) is 4.79 Å². The second-order valence-corrected chi connectivity index (χ2v) is 4.83. The van der Waals surface area contributed by atoms with Crippen molar-refractivity contribution >= 4 is 41.6 Å². The Hall–Kier alpha value is -1.36. The molecule has 21 heavy (non-hydrogen) atoms. The van der Waals surface area contributed by atoms with Crippen LogP contribution in [0.2, 0.25) is 0 Å². The molecule has 0 aliphatic rings. The molecule has 6 heteroatoms. The van der Waals surface area contributed by atoms with Crippen LogP contribution in [0, 0.1) is 6.92 Å². The minimum Gasteiger partial charge on any atom is -0.338 e. The number of pyridine rings is 1. The third kappa shape index (κ3) is 4.06. The number of halogens is 2. The lowest BCUT2D eigenvalue weighted by molar-refractivity contribution is 0.0750. The Labute approximate surface area is 137 Å². The molecule has 0 bridgehead atoms. The van der Waals surface area contributed by atoms with E-state index in [4.69, 9.17) is 5.73 Å². The molecule has 2 rings (SSSR count). The maximum absolute atomic E-state index is 12.6. The molecule has 0 saturated heterocycles. The van der Waals surface area contributed by atoms with E-state index in [-0.39, 0.29) is 36.8 Å². The number of aromatic nitrogens is 1. The number of benzene rings is 1. The van der Waals surface area contributed by atoms with Crippen LogP contribution in [0.5, 0.6) is 0 Å². The number of nitrogens with zero attached hydrogens (tertiary/aromatic N) is 2. The van der Waals surface area contributed by atoms with E-state index in [0.717, 1.165) is 16.6 Å². The number of aryl methyl sites for hydroxylation is 1. The Morgan fingerprint density at radius 3 is 2.57 bits per heavy atom. The lowest BCUT2D eigenvalue weighted by Crippen LogP contribution is -2.39. The second kappa shape index (κ2) is 8.17. The largest absolute Gasteiger partial charge is 0.338 e. The first-order valence-electron chi connectivity index (χ1n) is 6.38. The molecule has 1 atom stereocenters. The van der Waals surface area contributed by atoms with Crippen molar-refractivity contribution in [3.05, 3.63) is 41.6 Å². The first-order valence-corrected chi connectivity index (χ1v) is 6.38. The molecule has 1 heterocycles. The van der Waals surface area contributed by atoms with Gasteiger partial charge in [-0.2, -0.15) is 0 Å². The molecular formula is C15H21Cl2N3O. The second-order valence-electron chi connectivity index (χ2n) is 4.83. The van der Waals surface area contributed by atoms with Crippen LogP contribution < -0.4 is 5.73 Å². The number of carbonyl (C=O) groups excluding carboxylic acids is 1. The van der Waals surface area contributed by atoms with E-state index < -0.39 is 0 Å². The average molecular weight is 330 g/mol. The summed E-state index contributed by atoms with van der Waals surface area (Å²) in [5, 5.41) is 0.883. The van der Waals surface area contributed by atoms with Gasteiger partial charge in [-0.25, -0.2) is 0 Å². The lowest BCUT2D eigenvalue weighted by Gasteiger charge is -2.24. The van der Waals surface area contributed by atoms with E-state index in [0.29, 0.717) is 12.1 Å². The molecule has 0 aliphatic heterocycles. The average Bonchev–Trinajstić information content (AvgIpc) is 2.43. The third-order valence-electron chi connectivity index (χ3n) is 3.40. The van der Waals surface area contributed by atoms with Crippen molar-refractivity contribution in [3.8, 4) is 0 Å². The molecule has 0 saturated carbocycles.